The van der Waals surface area contributed by atoms with Crippen LogP contribution in [0.3, 0.4) is 0 Å². The number of alkyl halides is 6. The summed E-state index contributed by atoms with van der Waals surface area (Å²) in [7, 11) is 0. The Morgan fingerprint density at radius 1 is 1.12 bits per heavy atom. The number of ether oxygens (including phenoxy) is 2. The average molecular weight is 388 g/mol. The van der Waals surface area contributed by atoms with Crippen LogP contribution in [0, 0.1) is 5.92 Å². The van der Waals surface area contributed by atoms with Gasteiger partial charge in [0, 0.05) is 6.54 Å². The van der Waals surface area contributed by atoms with Gasteiger partial charge in [-0.3, -0.25) is 4.79 Å². The minimum Gasteiger partial charge on any atom is -0.484 e. The Morgan fingerprint density at radius 2 is 1.69 bits per heavy atom. The van der Waals surface area contributed by atoms with Crippen molar-refractivity contribution < 1.29 is 40.6 Å². The molecule has 26 heavy (non-hydrogen) atoms. The van der Waals surface area contributed by atoms with Crippen molar-refractivity contribution in [3.63, 3.8) is 0 Å². The lowest BCUT2D eigenvalue weighted by Crippen LogP contribution is -2.32. The maximum Gasteiger partial charge on any atom is 0.422 e. The van der Waals surface area contributed by atoms with Crippen molar-refractivity contribution in [1.29, 1.82) is 0 Å². The molecule has 1 unspecified atom stereocenters. The van der Waals surface area contributed by atoms with Crippen molar-refractivity contribution >= 4 is 5.91 Å². The topological polar surface area (TPSA) is 73.6 Å². The predicted molar refractivity (Wildman–Crippen MR) is 80.1 cm³/mol. The van der Waals surface area contributed by atoms with E-state index in [9.17, 15) is 31.1 Å². The van der Waals surface area contributed by atoms with Crippen LogP contribution in [0.1, 0.15) is 17.3 Å². The zero-order valence-corrected chi connectivity index (χ0v) is 13.7. The van der Waals surface area contributed by atoms with Crippen LogP contribution in [0.5, 0.6) is 11.5 Å². The largest absolute Gasteiger partial charge is 0.484 e. The molecular weight excluding hydrogens is 370 g/mol. The molecule has 0 radical (unpaired) electrons. The maximum atomic E-state index is 12.3. The summed E-state index contributed by atoms with van der Waals surface area (Å²) in [4.78, 5) is 12.2. The lowest BCUT2D eigenvalue weighted by Gasteiger charge is -2.16. The number of hydrogen-bond donors (Lipinski definition) is 2. The molecule has 0 aliphatic carbocycles. The van der Waals surface area contributed by atoms with Crippen molar-refractivity contribution in [3.05, 3.63) is 23.8 Å². The smallest absolute Gasteiger partial charge is 0.422 e. The average Bonchev–Trinajstić information content (AvgIpc) is 2.54. The fourth-order valence-electron chi connectivity index (χ4n) is 1.67. The van der Waals surface area contributed by atoms with Gasteiger partial charge >= 0.3 is 12.4 Å². The second-order valence-electron chi connectivity index (χ2n) is 5.52. The molecule has 1 aromatic rings. The van der Waals surface area contributed by atoms with Crippen LogP contribution in [-0.4, -0.2) is 44.6 Å². The van der Waals surface area contributed by atoms with Gasteiger partial charge in [0.05, 0.1) is 5.56 Å². The highest BCUT2D eigenvalue weighted by Gasteiger charge is 2.30. The first-order chi connectivity index (χ1) is 11.9. The molecular formula is C15H18F6N2O3. The first kappa shape index (κ1) is 21.9. The van der Waals surface area contributed by atoms with Gasteiger partial charge in [0.15, 0.2) is 13.2 Å². The molecule has 0 heterocycles. The highest BCUT2D eigenvalue weighted by Crippen LogP contribution is 2.27. The fourth-order valence-corrected chi connectivity index (χ4v) is 1.67. The van der Waals surface area contributed by atoms with Gasteiger partial charge in [-0.05, 0) is 30.7 Å². The molecule has 0 aliphatic heterocycles. The van der Waals surface area contributed by atoms with Gasteiger partial charge in [-0.25, -0.2) is 0 Å². The van der Waals surface area contributed by atoms with Crippen LogP contribution in [0.4, 0.5) is 26.3 Å². The number of nitrogens with one attached hydrogen (secondary N) is 1. The van der Waals surface area contributed by atoms with E-state index in [-0.39, 0.29) is 30.3 Å². The molecule has 1 atom stereocenters. The first-order valence-electron chi connectivity index (χ1n) is 7.42. The number of halogens is 6. The summed E-state index contributed by atoms with van der Waals surface area (Å²) >= 11 is 0. The van der Waals surface area contributed by atoms with Crippen LogP contribution in [0.25, 0.3) is 0 Å². The van der Waals surface area contributed by atoms with Gasteiger partial charge in [-0.2, -0.15) is 26.3 Å². The van der Waals surface area contributed by atoms with E-state index in [4.69, 9.17) is 5.73 Å². The van der Waals surface area contributed by atoms with Gasteiger partial charge < -0.3 is 20.5 Å². The van der Waals surface area contributed by atoms with Crippen molar-refractivity contribution in [1.82, 2.24) is 5.32 Å². The second-order valence-corrected chi connectivity index (χ2v) is 5.52. The highest BCUT2D eigenvalue weighted by molar-refractivity contribution is 5.97. The molecule has 148 valence electrons. The number of benzene rings is 1. The summed E-state index contributed by atoms with van der Waals surface area (Å²) in [5.74, 6) is -1.69. The Hall–Kier alpha value is -2.17. The number of carbonyl (C=O) groups is 1. The highest BCUT2D eigenvalue weighted by atomic mass is 19.4. The minimum absolute atomic E-state index is 0.108. The SMILES string of the molecule is CC(CN)CNC(=O)c1cc(OCC(F)(F)F)ccc1OCC(F)(F)F. The van der Waals surface area contributed by atoms with Gasteiger partial charge in [0.2, 0.25) is 0 Å². The summed E-state index contributed by atoms with van der Waals surface area (Å²) in [5.41, 5.74) is 5.02. The van der Waals surface area contributed by atoms with Crippen molar-refractivity contribution in [3.8, 4) is 11.5 Å². The summed E-state index contributed by atoms with van der Waals surface area (Å²) in [6.45, 7) is -1.16. The summed E-state index contributed by atoms with van der Waals surface area (Å²) < 4.78 is 82.7. The molecule has 1 amide bonds. The Bertz CT molecular complexity index is 604. The van der Waals surface area contributed by atoms with Crippen molar-refractivity contribution in [2.24, 2.45) is 11.7 Å². The third-order valence-corrected chi connectivity index (χ3v) is 3.00. The normalized spacial score (nSPS) is 13.2. The molecule has 3 N–H and O–H groups in total. The molecule has 1 aromatic carbocycles. The molecule has 1 rings (SSSR count). The van der Waals surface area contributed by atoms with Crippen molar-refractivity contribution in [2.75, 3.05) is 26.3 Å². The standard InChI is InChI=1S/C15H18F6N2O3/c1-9(5-22)6-23-13(24)11-4-10(25-7-14(16,17)18)2-3-12(11)26-8-15(19,20)21/h2-4,9H,5-8,22H2,1H3,(H,23,24). The molecule has 0 aliphatic rings. The Morgan fingerprint density at radius 3 is 2.23 bits per heavy atom. The zero-order chi connectivity index (χ0) is 20.0. The number of nitrogens with two attached hydrogens (primary N) is 1. The molecule has 0 saturated heterocycles. The van der Waals surface area contributed by atoms with E-state index in [1.165, 1.54) is 0 Å². The third kappa shape index (κ3) is 8.28. The van der Waals surface area contributed by atoms with Crippen LogP contribution in [-0.2, 0) is 0 Å². The van der Waals surface area contributed by atoms with Gasteiger partial charge in [0.25, 0.3) is 5.91 Å². The van der Waals surface area contributed by atoms with E-state index >= 15 is 0 Å². The molecule has 11 heteroatoms. The van der Waals surface area contributed by atoms with Gasteiger partial charge in [-0.15, -0.1) is 0 Å². The van der Waals surface area contributed by atoms with Crippen LogP contribution >= 0.6 is 0 Å². The third-order valence-electron chi connectivity index (χ3n) is 3.00. The fraction of sp³-hybridized carbons (Fsp3) is 0.533. The number of carbonyl (C=O) groups excluding carboxylic acids is 1. The van der Waals surface area contributed by atoms with E-state index in [1.54, 1.807) is 6.92 Å². The first-order valence-corrected chi connectivity index (χ1v) is 7.42. The number of amides is 1. The second kappa shape index (κ2) is 8.97. The minimum atomic E-state index is -4.65. The van der Waals surface area contributed by atoms with Gasteiger partial charge in [0.1, 0.15) is 11.5 Å². The van der Waals surface area contributed by atoms with Crippen LogP contribution in [0.2, 0.25) is 0 Å². The Kier molecular flexibility index (Phi) is 7.54. The maximum absolute atomic E-state index is 12.3. The van der Waals surface area contributed by atoms with Crippen LogP contribution in [0.15, 0.2) is 18.2 Å². The number of hydrogen-bond acceptors (Lipinski definition) is 4. The molecule has 0 spiro atoms. The molecule has 0 aromatic heterocycles. The predicted octanol–water partition coefficient (Wildman–Crippen LogP) is 2.89. The Labute approximate surface area is 145 Å². The lowest BCUT2D eigenvalue weighted by molar-refractivity contribution is -0.154. The molecule has 5 nitrogen and oxygen atoms in total. The van der Waals surface area contributed by atoms with E-state index in [1.807, 2.05) is 0 Å². The number of rotatable bonds is 8. The van der Waals surface area contributed by atoms with Crippen LogP contribution < -0.4 is 20.5 Å². The van der Waals surface area contributed by atoms with E-state index < -0.39 is 37.2 Å². The quantitative estimate of drug-likeness (QED) is 0.672. The van der Waals surface area contributed by atoms with E-state index in [0.717, 1.165) is 18.2 Å². The molecule has 0 saturated carbocycles. The Balaban J connectivity index is 2.98. The van der Waals surface area contributed by atoms with E-state index in [0.29, 0.717) is 0 Å². The summed E-state index contributed by atoms with van der Waals surface area (Å²) in [5, 5.41) is 2.43. The van der Waals surface area contributed by atoms with Gasteiger partial charge in [-0.1, -0.05) is 6.92 Å². The summed E-state index contributed by atoms with van der Waals surface area (Å²) in [6.07, 6.45) is -9.25. The monoisotopic (exact) mass is 388 g/mol. The van der Waals surface area contributed by atoms with E-state index in [2.05, 4.69) is 14.8 Å². The lowest BCUT2D eigenvalue weighted by atomic mass is 10.1. The summed E-state index contributed by atoms with van der Waals surface area (Å²) in [6, 6.07) is 2.81. The van der Waals surface area contributed by atoms with Crippen molar-refractivity contribution in [2.45, 2.75) is 19.3 Å². The molecule has 0 fully saturated rings. The zero-order valence-electron chi connectivity index (χ0n) is 13.7. The molecule has 0 bridgehead atoms.